The van der Waals surface area contributed by atoms with E-state index in [9.17, 15) is 32.6 Å². The van der Waals surface area contributed by atoms with E-state index in [2.05, 4.69) is 83.8 Å². The van der Waals surface area contributed by atoms with Crippen molar-refractivity contribution in [2.24, 2.45) is 0 Å². The third-order valence-corrected chi connectivity index (χ3v) is 14.6. The second-order valence-electron chi connectivity index (χ2n) is 18.5. The first kappa shape index (κ1) is 58.6. The molecule has 0 aliphatic carbocycles. The molecule has 10 rings (SSSR count). The molecule has 8 aromatic rings. The number of aliphatic hydroxyl groups excluding tert-OH is 2. The minimum absolute atomic E-state index is 0.0700. The van der Waals surface area contributed by atoms with Gasteiger partial charge in [-0.2, -0.15) is 0 Å². The molecule has 2 heterocycles. The molecule has 3 atom stereocenters. The second-order valence-corrected chi connectivity index (χ2v) is 21.3. The first-order valence-corrected chi connectivity index (χ1v) is 27.0. The molecule has 8 aromatic carbocycles. The molecule has 0 amide bonds. The number of hydrogen-bond acceptors (Lipinski definition) is 6. The Morgan fingerprint density at radius 1 is 0.701 bits per heavy atom. The maximum atomic E-state index is 13.4. The van der Waals surface area contributed by atoms with Crippen LogP contribution in [0.3, 0.4) is 0 Å². The van der Waals surface area contributed by atoms with Gasteiger partial charge in [-0.1, -0.05) is 121 Å². The number of aryl methyl sites for hydroxylation is 1. The van der Waals surface area contributed by atoms with Gasteiger partial charge in [-0.3, -0.25) is 4.79 Å². The molecule has 0 spiro atoms. The predicted octanol–water partition coefficient (Wildman–Crippen LogP) is 16.2. The van der Waals surface area contributed by atoms with Crippen LogP contribution in [0.25, 0.3) is 4.85 Å². The molecule has 0 aromatic heterocycles. The molecule has 14 heteroatoms. The van der Waals surface area contributed by atoms with Crippen molar-refractivity contribution in [2.45, 2.75) is 63.8 Å². The van der Waals surface area contributed by atoms with E-state index in [0.717, 1.165) is 67.0 Å². The Kier molecular flexibility index (Phi) is 20.9. The summed E-state index contributed by atoms with van der Waals surface area (Å²) in [5.74, 6) is -1.21. The number of carbonyl (C=O) groups is 1. The number of aliphatic hydroxyl groups is 2. The lowest BCUT2D eigenvalue weighted by molar-refractivity contribution is -0.0140. The minimum Gasteiger partial charge on any atom is -0.392 e. The molecular formula is C63H55Br3F4N2O5. The molecule has 77 heavy (non-hydrogen) atoms. The Morgan fingerprint density at radius 2 is 1.27 bits per heavy atom. The fourth-order valence-electron chi connectivity index (χ4n) is 9.16. The quantitative estimate of drug-likeness (QED) is 0.0720. The molecule has 3 unspecified atom stereocenters. The largest absolute Gasteiger partial charge is 0.392 e. The van der Waals surface area contributed by atoms with Crippen molar-refractivity contribution in [2.75, 3.05) is 20.6 Å². The average Bonchev–Trinajstić information content (AvgIpc) is 4.05. The number of ether oxygens (including phenoxy) is 2. The van der Waals surface area contributed by atoms with Gasteiger partial charge in [0.25, 0.3) is 0 Å². The number of fused-ring (bicyclic) bond motifs is 2. The molecule has 396 valence electrons. The lowest BCUT2D eigenvalue weighted by atomic mass is 9.82. The van der Waals surface area contributed by atoms with Gasteiger partial charge in [-0.15, -0.1) is 0 Å². The lowest BCUT2D eigenvalue weighted by Crippen LogP contribution is -2.28. The van der Waals surface area contributed by atoms with Crippen molar-refractivity contribution in [1.29, 1.82) is 0 Å². The van der Waals surface area contributed by atoms with Crippen molar-refractivity contribution < 1.29 is 42.0 Å². The summed E-state index contributed by atoms with van der Waals surface area (Å²) in [4.78, 5) is 18.0. The van der Waals surface area contributed by atoms with E-state index in [1.165, 1.54) is 83.9 Å². The summed E-state index contributed by atoms with van der Waals surface area (Å²) in [5.41, 5.74) is 10.6. The normalized spacial score (nSPS) is 15.4. The summed E-state index contributed by atoms with van der Waals surface area (Å²) < 4.78 is 66.8. The molecule has 0 radical (unpaired) electrons. The van der Waals surface area contributed by atoms with Crippen molar-refractivity contribution >= 4 is 59.3 Å². The molecule has 0 fully saturated rings. The number of halogens is 7. The van der Waals surface area contributed by atoms with Gasteiger partial charge >= 0.3 is 0 Å². The third kappa shape index (κ3) is 15.1. The maximum Gasteiger partial charge on any atom is 0.193 e. The summed E-state index contributed by atoms with van der Waals surface area (Å²) in [6, 6.07) is 47.1. The van der Waals surface area contributed by atoms with E-state index < -0.39 is 11.7 Å². The molecule has 2 aliphatic rings. The van der Waals surface area contributed by atoms with Gasteiger partial charge in [0.05, 0.1) is 26.4 Å². The first-order chi connectivity index (χ1) is 37.0. The monoisotopic (exact) mass is 1230 g/mol. The summed E-state index contributed by atoms with van der Waals surface area (Å²) >= 11 is 10.1. The third-order valence-electron chi connectivity index (χ3n) is 13.1. The number of benzene rings is 8. The second kappa shape index (κ2) is 27.5. The van der Waals surface area contributed by atoms with Gasteiger partial charge in [-0.05, 0) is 199 Å². The SMILES string of the molecule is CCc1cc(Br)ccc1C(=O)c1ccc(F)cc1.Fc1ccc(C2OCc3cc(Br)ccc32)cc1.OCc1cc(Br)ccc1C(O)c1ccc(F)cc1.[C-]#[N+]c1ccc2c(c1)COC2(CCCN(C)C)c1ccc(F)cc1. The fraction of sp³-hybridized carbons (Fsp3) is 0.206. The van der Waals surface area contributed by atoms with Gasteiger partial charge in [0.15, 0.2) is 11.5 Å². The molecule has 7 nitrogen and oxygen atoms in total. The molecule has 0 saturated carbocycles. The zero-order valence-electron chi connectivity index (χ0n) is 42.4. The lowest BCUT2D eigenvalue weighted by Gasteiger charge is -2.31. The van der Waals surface area contributed by atoms with Gasteiger partial charge in [0, 0.05) is 24.5 Å². The Bertz CT molecular complexity index is 3320. The number of rotatable bonds is 12. The van der Waals surface area contributed by atoms with Gasteiger partial charge in [0.1, 0.15) is 41.1 Å². The molecular weight excluding hydrogens is 1180 g/mol. The summed E-state index contributed by atoms with van der Waals surface area (Å²) in [6.07, 6.45) is 1.62. The first-order valence-electron chi connectivity index (χ1n) is 24.6. The van der Waals surface area contributed by atoms with Crippen LogP contribution < -0.4 is 0 Å². The van der Waals surface area contributed by atoms with E-state index in [4.69, 9.17) is 16.0 Å². The standard InChI is InChI=1S/C20H21FN2O.C15H12BrFO.C14H12BrFO2.C14H10BrFO/c1-22-18-9-10-19-15(13-18)14-24-20(19,11-4-12-23(2)3)16-5-7-17(21)8-6-16;1-2-10-9-12(16)5-8-14(10)15(18)11-3-6-13(17)7-4-11;15-11-3-6-13(10(7-11)8-17)14(18)9-1-4-12(16)5-2-9;15-11-3-6-13-10(7-11)8-17-14(13)9-1-4-12(16)5-2-9/h5-10,13H,4,11-12,14H2,2-3H3;3-9H,2H2,1H3;1-7,14,17-18H,8H2;1-7,14H,8H2. The Hall–Kier alpha value is -6.12. The van der Waals surface area contributed by atoms with Crippen LogP contribution in [0.2, 0.25) is 0 Å². The number of ketones is 1. The van der Waals surface area contributed by atoms with Crippen LogP contribution in [-0.2, 0) is 41.3 Å². The Morgan fingerprint density at radius 3 is 1.88 bits per heavy atom. The van der Waals surface area contributed by atoms with Crippen molar-refractivity contribution in [3.8, 4) is 0 Å². The van der Waals surface area contributed by atoms with E-state index in [-0.39, 0.29) is 41.8 Å². The van der Waals surface area contributed by atoms with Crippen molar-refractivity contribution in [1.82, 2.24) is 4.90 Å². The van der Waals surface area contributed by atoms with Crippen LogP contribution in [-0.4, -0.2) is 41.5 Å². The van der Waals surface area contributed by atoms with E-state index in [0.29, 0.717) is 46.7 Å². The zero-order chi connectivity index (χ0) is 55.2. The summed E-state index contributed by atoms with van der Waals surface area (Å²) in [6.45, 7) is 11.1. The Labute approximate surface area is 472 Å². The van der Waals surface area contributed by atoms with Gasteiger partial charge in [0.2, 0.25) is 0 Å². The number of nitrogens with zero attached hydrogens (tertiary/aromatic N) is 2. The van der Waals surface area contributed by atoms with Crippen molar-refractivity contribution in [3.63, 3.8) is 0 Å². The summed E-state index contributed by atoms with van der Waals surface area (Å²) in [7, 11) is 4.10. The summed E-state index contributed by atoms with van der Waals surface area (Å²) in [5, 5.41) is 19.5. The topological polar surface area (TPSA) is 83.6 Å². The van der Waals surface area contributed by atoms with Crippen LogP contribution in [0, 0.1) is 29.8 Å². The maximum absolute atomic E-state index is 13.4. The van der Waals surface area contributed by atoms with Gasteiger partial charge in [-0.25, -0.2) is 22.4 Å². The van der Waals surface area contributed by atoms with Crippen LogP contribution in [0.5, 0.6) is 0 Å². The average molecular weight is 1240 g/mol. The molecule has 2 aliphatic heterocycles. The van der Waals surface area contributed by atoms with E-state index >= 15 is 0 Å². The smallest absolute Gasteiger partial charge is 0.193 e. The van der Waals surface area contributed by atoms with Crippen LogP contribution in [0.15, 0.2) is 183 Å². The predicted molar refractivity (Wildman–Crippen MR) is 304 cm³/mol. The molecule has 0 bridgehead atoms. The van der Waals surface area contributed by atoms with Crippen LogP contribution in [0.4, 0.5) is 23.2 Å². The number of carbonyl (C=O) groups excluding carboxylic acids is 1. The van der Waals surface area contributed by atoms with Crippen molar-refractivity contribution in [3.05, 3.63) is 285 Å². The highest BCUT2D eigenvalue weighted by Crippen LogP contribution is 2.46. The zero-order valence-corrected chi connectivity index (χ0v) is 47.2. The molecule has 0 saturated heterocycles. The highest BCUT2D eigenvalue weighted by atomic mass is 79.9. The number of hydrogen-bond donors (Lipinski definition) is 2. The van der Waals surface area contributed by atoms with E-state index in [1.54, 1.807) is 36.4 Å². The highest BCUT2D eigenvalue weighted by molar-refractivity contribution is 9.11. The minimum atomic E-state index is -0.874. The highest BCUT2D eigenvalue weighted by Gasteiger charge is 2.41. The molecule has 2 N–H and O–H groups in total. The Balaban J connectivity index is 0.000000151. The van der Waals surface area contributed by atoms with E-state index in [1.807, 2.05) is 55.5 Å². The van der Waals surface area contributed by atoms with Crippen LogP contribution in [0.1, 0.15) is 104 Å². The fourth-order valence-corrected chi connectivity index (χ4v) is 10.4. The van der Waals surface area contributed by atoms with Gasteiger partial charge < -0.3 is 24.6 Å². The van der Waals surface area contributed by atoms with Crippen LogP contribution >= 0.6 is 47.8 Å².